The molecule has 0 aliphatic rings. The molecule has 0 saturated heterocycles. The molecule has 0 aliphatic heterocycles. The molecule has 4 aromatic rings. The Morgan fingerprint density at radius 1 is 1.26 bits per heavy atom. The molecule has 2 N–H and O–H groups in total. The summed E-state index contributed by atoms with van der Waals surface area (Å²) < 4.78 is 2.62. The van der Waals surface area contributed by atoms with Gasteiger partial charge in [-0.1, -0.05) is 30.3 Å². The van der Waals surface area contributed by atoms with Crippen molar-refractivity contribution in [3.05, 3.63) is 62.9 Å². The van der Waals surface area contributed by atoms with Crippen molar-refractivity contribution in [1.82, 2.24) is 24.1 Å². The zero-order chi connectivity index (χ0) is 19.0. The van der Waals surface area contributed by atoms with Crippen LogP contribution in [-0.2, 0) is 18.4 Å². The number of anilines is 1. The van der Waals surface area contributed by atoms with Crippen LogP contribution in [0.25, 0.3) is 22.4 Å². The molecule has 0 aliphatic carbocycles. The lowest BCUT2D eigenvalue weighted by molar-refractivity contribution is -0.116. The van der Waals surface area contributed by atoms with Crippen molar-refractivity contribution in [1.29, 1.82) is 0 Å². The average Bonchev–Trinajstić information content (AvgIpc) is 3.28. The van der Waals surface area contributed by atoms with Gasteiger partial charge in [-0.2, -0.15) is 0 Å². The van der Waals surface area contributed by atoms with Crippen molar-refractivity contribution < 1.29 is 4.79 Å². The number of aryl methyl sites for hydroxylation is 1. The first-order chi connectivity index (χ1) is 13.0. The van der Waals surface area contributed by atoms with E-state index in [1.807, 2.05) is 35.7 Å². The zero-order valence-electron chi connectivity index (χ0n) is 14.2. The number of aromatic nitrogens is 5. The molecule has 4 rings (SSSR count). The maximum absolute atomic E-state index is 12.4. The molecule has 0 atom stereocenters. The summed E-state index contributed by atoms with van der Waals surface area (Å²) in [5, 5.41) is 5.04. The summed E-state index contributed by atoms with van der Waals surface area (Å²) in [4.78, 5) is 46.7. The number of H-pyrrole nitrogens is 1. The SMILES string of the molecule is Cn1c(=O)[nH]c(=O)c2c1ncn2CC(=O)Nc1nc(-c2ccccc2)cs1. The predicted octanol–water partition coefficient (Wildman–Crippen LogP) is 1.19. The Morgan fingerprint density at radius 2 is 2.04 bits per heavy atom. The third-order valence-electron chi connectivity index (χ3n) is 4.01. The molecule has 0 bridgehead atoms. The summed E-state index contributed by atoms with van der Waals surface area (Å²) in [5.74, 6) is -0.350. The second kappa shape index (κ2) is 6.65. The molecule has 1 amide bonds. The average molecular weight is 382 g/mol. The minimum absolute atomic E-state index is 0.127. The van der Waals surface area contributed by atoms with E-state index >= 15 is 0 Å². The fraction of sp³-hybridized carbons (Fsp3) is 0.118. The fourth-order valence-corrected chi connectivity index (χ4v) is 3.43. The molecular weight excluding hydrogens is 368 g/mol. The predicted molar refractivity (Wildman–Crippen MR) is 102 cm³/mol. The molecule has 136 valence electrons. The highest BCUT2D eigenvalue weighted by Crippen LogP contribution is 2.24. The minimum Gasteiger partial charge on any atom is -0.315 e. The van der Waals surface area contributed by atoms with Crippen molar-refractivity contribution in [2.75, 3.05) is 5.32 Å². The van der Waals surface area contributed by atoms with E-state index in [0.717, 1.165) is 11.3 Å². The smallest absolute Gasteiger partial charge is 0.315 e. The van der Waals surface area contributed by atoms with E-state index in [2.05, 4.69) is 20.3 Å². The highest BCUT2D eigenvalue weighted by atomic mass is 32.1. The van der Waals surface area contributed by atoms with Crippen LogP contribution < -0.4 is 16.6 Å². The van der Waals surface area contributed by atoms with Crippen molar-refractivity contribution in [3.63, 3.8) is 0 Å². The lowest BCUT2D eigenvalue weighted by atomic mass is 10.2. The molecule has 0 saturated carbocycles. The minimum atomic E-state index is -0.584. The molecule has 27 heavy (non-hydrogen) atoms. The zero-order valence-corrected chi connectivity index (χ0v) is 15.0. The Kier molecular flexibility index (Phi) is 4.16. The van der Waals surface area contributed by atoms with Crippen LogP contribution in [-0.4, -0.2) is 30.0 Å². The third-order valence-corrected chi connectivity index (χ3v) is 4.77. The number of carbonyl (C=O) groups is 1. The topological polar surface area (TPSA) is 115 Å². The van der Waals surface area contributed by atoms with Gasteiger partial charge in [-0.15, -0.1) is 11.3 Å². The van der Waals surface area contributed by atoms with E-state index in [4.69, 9.17) is 0 Å². The van der Waals surface area contributed by atoms with Gasteiger partial charge in [0.2, 0.25) is 5.91 Å². The Labute approximate surface area is 156 Å². The van der Waals surface area contributed by atoms with Gasteiger partial charge in [0.1, 0.15) is 6.54 Å². The Hall–Kier alpha value is -3.53. The molecule has 0 fully saturated rings. The van der Waals surface area contributed by atoms with Crippen LogP contribution in [0.3, 0.4) is 0 Å². The van der Waals surface area contributed by atoms with E-state index in [0.29, 0.717) is 5.13 Å². The van der Waals surface area contributed by atoms with E-state index in [1.165, 1.54) is 33.8 Å². The molecule has 10 heteroatoms. The number of amides is 1. The van der Waals surface area contributed by atoms with Crippen LogP contribution in [0.15, 0.2) is 51.6 Å². The van der Waals surface area contributed by atoms with Gasteiger partial charge in [-0.3, -0.25) is 19.1 Å². The van der Waals surface area contributed by atoms with Crippen LogP contribution in [0, 0.1) is 0 Å². The van der Waals surface area contributed by atoms with Crippen molar-refractivity contribution in [3.8, 4) is 11.3 Å². The second-order valence-corrected chi connectivity index (χ2v) is 6.67. The maximum atomic E-state index is 12.4. The van der Waals surface area contributed by atoms with Crippen LogP contribution in [0.1, 0.15) is 0 Å². The number of aromatic amines is 1. The van der Waals surface area contributed by atoms with Crippen LogP contribution >= 0.6 is 11.3 Å². The number of rotatable bonds is 4. The van der Waals surface area contributed by atoms with Gasteiger partial charge in [-0.05, 0) is 0 Å². The van der Waals surface area contributed by atoms with E-state index in [-0.39, 0.29) is 23.6 Å². The van der Waals surface area contributed by atoms with Crippen LogP contribution in [0.4, 0.5) is 5.13 Å². The largest absolute Gasteiger partial charge is 0.329 e. The molecule has 0 radical (unpaired) electrons. The van der Waals surface area contributed by atoms with Gasteiger partial charge in [0, 0.05) is 18.0 Å². The van der Waals surface area contributed by atoms with Crippen LogP contribution in [0.5, 0.6) is 0 Å². The number of thiazole rings is 1. The Bertz CT molecular complexity index is 1250. The quantitative estimate of drug-likeness (QED) is 0.550. The second-order valence-electron chi connectivity index (χ2n) is 5.82. The van der Waals surface area contributed by atoms with E-state index < -0.39 is 11.2 Å². The molecule has 9 nitrogen and oxygen atoms in total. The molecular formula is C17H14N6O3S. The number of benzene rings is 1. The van der Waals surface area contributed by atoms with E-state index in [9.17, 15) is 14.4 Å². The number of nitrogens with zero attached hydrogens (tertiary/aromatic N) is 4. The standard InChI is InChI=1S/C17H14N6O3S/c1-22-14-13(15(25)21-17(22)26)23(9-18-14)7-12(24)20-16-19-11(8-27-16)10-5-3-2-4-6-10/h2-6,8-9H,7H2,1H3,(H,19,20,24)(H,21,25,26). The summed E-state index contributed by atoms with van der Waals surface area (Å²) in [6.45, 7) is -0.127. The number of carbonyl (C=O) groups excluding carboxylic acids is 1. The summed E-state index contributed by atoms with van der Waals surface area (Å²) in [7, 11) is 1.50. The summed E-state index contributed by atoms with van der Waals surface area (Å²) in [6, 6.07) is 9.64. The Morgan fingerprint density at radius 3 is 2.81 bits per heavy atom. The van der Waals surface area contributed by atoms with Crippen molar-refractivity contribution >= 4 is 33.5 Å². The molecule has 1 aromatic carbocycles. The number of fused-ring (bicyclic) bond motifs is 1. The Balaban J connectivity index is 1.55. The number of hydrogen-bond donors (Lipinski definition) is 2. The lowest BCUT2D eigenvalue weighted by Gasteiger charge is -2.04. The number of hydrogen-bond acceptors (Lipinski definition) is 6. The number of imidazole rings is 1. The van der Waals surface area contributed by atoms with Crippen LogP contribution in [0.2, 0.25) is 0 Å². The fourth-order valence-electron chi connectivity index (χ4n) is 2.69. The first kappa shape index (κ1) is 16.9. The summed E-state index contributed by atoms with van der Waals surface area (Å²) in [5.41, 5.74) is 0.976. The molecule has 0 unspecified atom stereocenters. The first-order valence-corrected chi connectivity index (χ1v) is 8.86. The van der Waals surface area contributed by atoms with Crippen molar-refractivity contribution in [2.24, 2.45) is 7.05 Å². The number of nitrogens with one attached hydrogen (secondary N) is 2. The van der Waals surface area contributed by atoms with Gasteiger partial charge in [0.05, 0.1) is 12.0 Å². The maximum Gasteiger partial charge on any atom is 0.329 e. The van der Waals surface area contributed by atoms with Gasteiger partial charge < -0.3 is 9.88 Å². The molecule has 3 aromatic heterocycles. The molecule has 3 heterocycles. The third kappa shape index (κ3) is 3.17. The summed E-state index contributed by atoms with van der Waals surface area (Å²) in [6.07, 6.45) is 1.36. The molecule has 0 spiro atoms. The normalized spacial score (nSPS) is 11.0. The van der Waals surface area contributed by atoms with Gasteiger partial charge in [0.25, 0.3) is 5.56 Å². The first-order valence-electron chi connectivity index (χ1n) is 7.98. The van der Waals surface area contributed by atoms with E-state index in [1.54, 1.807) is 0 Å². The van der Waals surface area contributed by atoms with Gasteiger partial charge in [0.15, 0.2) is 16.3 Å². The highest BCUT2D eigenvalue weighted by Gasteiger charge is 2.14. The lowest BCUT2D eigenvalue weighted by Crippen LogP contribution is -2.30. The van der Waals surface area contributed by atoms with Gasteiger partial charge >= 0.3 is 5.69 Å². The van der Waals surface area contributed by atoms with Crippen molar-refractivity contribution in [2.45, 2.75) is 6.54 Å². The highest BCUT2D eigenvalue weighted by molar-refractivity contribution is 7.14. The summed E-state index contributed by atoms with van der Waals surface area (Å²) >= 11 is 1.32. The van der Waals surface area contributed by atoms with Gasteiger partial charge in [-0.25, -0.2) is 14.8 Å². The monoisotopic (exact) mass is 382 g/mol.